The molecule has 2 rings (SSSR count). The van der Waals surface area contributed by atoms with Crippen molar-refractivity contribution >= 4 is 12.4 Å². The molecule has 1 heterocycles. The normalized spacial score (nSPS) is 16.9. The van der Waals surface area contributed by atoms with Crippen molar-refractivity contribution in [1.29, 1.82) is 0 Å². The Morgan fingerprint density at radius 2 is 1.85 bits per heavy atom. The van der Waals surface area contributed by atoms with Crippen LogP contribution in [0.25, 0.3) is 0 Å². The molecule has 3 heteroatoms. The van der Waals surface area contributed by atoms with Crippen molar-refractivity contribution in [2.45, 2.75) is 40.2 Å². The maximum absolute atomic E-state index is 3.48. The number of hydrogen-bond acceptors (Lipinski definition) is 2. The molecule has 0 saturated carbocycles. The van der Waals surface area contributed by atoms with Gasteiger partial charge in [0.15, 0.2) is 0 Å². The Balaban J connectivity index is 0.00000200. The fourth-order valence-corrected chi connectivity index (χ4v) is 2.86. The molecule has 0 unspecified atom stereocenters. The Morgan fingerprint density at radius 1 is 1.15 bits per heavy atom. The molecule has 114 valence electrons. The lowest BCUT2D eigenvalue weighted by molar-refractivity contribution is 0.176. The summed E-state index contributed by atoms with van der Waals surface area (Å²) in [6.07, 6.45) is 2.69. The lowest BCUT2D eigenvalue weighted by atomic mass is 9.96. The highest BCUT2D eigenvalue weighted by atomic mass is 35.5. The quantitative estimate of drug-likeness (QED) is 0.894. The monoisotopic (exact) mass is 296 g/mol. The maximum atomic E-state index is 3.48. The highest BCUT2D eigenvalue weighted by molar-refractivity contribution is 5.85. The van der Waals surface area contributed by atoms with Crippen LogP contribution in [-0.4, -0.2) is 31.1 Å². The van der Waals surface area contributed by atoms with Crippen LogP contribution >= 0.6 is 12.4 Å². The zero-order chi connectivity index (χ0) is 13.7. The third-order valence-corrected chi connectivity index (χ3v) is 4.37. The molecule has 1 aromatic rings. The minimum Gasteiger partial charge on any atom is -0.317 e. The van der Waals surface area contributed by atoms with E-state index in [4.69, 9.17) is 0 Å². The number of likely N-dealkylation sites (tertiary alicyclic amines) is 1. The summed E-state index contributed by atoms with van der Waals surface area (Å²) in [6, 6.07) is 6.88. The van der Waals surface area contributed by atoms with Gasteiger partial charge in [0, 0.05) is 6.54 Å². The van der Waals surface area contributed by atoms with Crippen molar-refractivity contribution in [3.63, 3.8) is 0 Å². The van der Waals surface area contributed by atoms with E-state index < -0.39 is 0 Å². The van der Waals surface area contributed by atoms with Gasteiger partial charge < -0.3 is 5.32 Å². The van der Waals surface area contributed by atoms with E-state index in [-0.39, 0.29) is 12.4 Å². The summed E-state index contributed by atoms with van der Waals surface area (Å²) in [5.74, 6) is 0.885. The number of benzene rings is 1. The summed E-state index contributed by atoms with van der Waals surface area (Å²) >= 11 is 0. The van der Waals surface area contributed by atoms with Crippen LogP contribution in [0.3, 0.4) is 0 Å². The number of piperidine rings is 1. The first-order chi connectivity index (χ1) is 9.19. The lowest BCUT2D eigenvalue weighted by Crippen LogP contribution is -2.36. The summed E-state index contributed by atoms with van der Waals surface area (Å²) in [6.45, 7) is 12.5. The van der Waals surface area contributed by atoms with Gasteiger partial charge in [-0.05, 0) is 75.5 Å². The van der Waals surface area contributed by atoms with Crippen LogP contribution in [0.4, 0.5) is 0 Å². The first-order valence-electron chi connectivity index (χ1n) is 7.68. The second kappa shape index (κ2) is 8.66. The summed E-state index contributed by atoms with van der Waals surface area (Å²) in [7, 11) is 0. The maximum Gasteiger partial charge on any atom is 0.0233 e. The predicted molar refractivity (Wildman–Crippen MR) is 89.7 cm³/mol. The molecular formula is C17H29ClN2. The van der Waals surface area contributed by atoms with Crippen molar-refractivity contribution in [2.75, 3.05) is 26.2 Å². The molecule has 1 aliphatic rings. The third kappa shape index (κ3) is 5.08. The third-order valence-electron chi connectivity index (χ3n) is 4.37. The van der Waals surface area contributed by atoms with Crippen molar-refractivity contribution in [2.24, 2.45) is 5.92 Å². The van der Waals surface area contributed by atoms with Crippen molar-refractivity contribution in [3.8, 4) is 0 Å². The Kier molecular flexibility index (Phi) is 7.57. The zero-order valence-corrected chi connectivity index (χ0v) is 13.9. The van der Waals surface area contributed by atoms with Crippen molar-refractivity contribution in [1.82, 2.24) is 10.2 Å². The van der Waals surface area contributed by atoms with E-state index in [1.165, 1.54) is 49.2 Å². The number of nitrogens with one attached hydrogen (secondary N) is 1. The molecule has 0 atom stereocenters. The van der Waals surface area contributed by atoms with E-state index in [9.17, 15) is 0 Å². The summed E-state index contributed by atoms with van der Waals surface area (Å²) in [5.41, 5.74) is 4.28. The second-order valence-electron chi connectivity index (χ2n) is 5.95. The molecule has 1 aromatic carbocycles. The SMILES string of the molecule is CCNCC1CCN(Cc2ccc(C)c(C)c2)CC1.Cl. The number of hydrogen-bond donors (Lipinski definition) is 1. The highest BCUT2D eigenvalue weighted by Crippen LogP contribution is 2.19. The topological polar surface area (TPSA) is 15.3 Å². The molecule has 1 aliphatic heterocycles. The summed E-state index contributed by atoms with van der Waals surface area (Å²) in [4.78, 5) is 2.60. The molecule has 0 spiro atoms. The van der Waals surface area contributed by atoms with Gasteiger partial charge in [-0.25, -0.2) is 0 Å². The Morgan fingerprint density at radius 3 is 2.45 bits per heavy atom. The molecule has 20 heavy (non-hydrogen) atoms. The Labute approximate surface area is 130 Å². The van der Waals surface area contributed by atoms with Crippen LogP contribution in [-0.2, 0) is 6.54 Å². The van der Waals surface area contributed by atoms with E-state index in [1.807, 2.05) is 0 Å². The minimum absolute atomic E-state index is 0. The van der Waals surface area contributed by atoms with Crippen LogP contribution in [0.15, 0.2) is 18.2 Å². The van der Waals surface area contributed by atoms with Crippen LogP contribution in [0.2, 0.25) is 0 Å². The molecule has 0 aromatic heterocycles. The molecule has 0 radical (unpaired) electrons. The van der Waals surface area contributed by atoms with Gasteiger partial charge in [0.2, 0.25) is 0 Å². The highest BCUT2D eigenvalue weighted by Gasteiger charge is 2.18. The van der Waals surface area contributed by atoms with Gasteiger partial charge in [0.05, 0.1) is 0 Å². The first kappa shape index (κ1) is 17.5. The van der Waals surface area contributed by atoms with E-state index in [0.717, 1.165) is 19.0 Å². The number of aryl methyl sites for hydroxylation is 2. The number of rotatable bonds is 5. The zero-order valence-electron chi connectivity index (χ0n) is 13.1. The van der Waals surface area contributed by atoms with Gasteiger partial charge in [-0.1, -0.05) is 25.1 Å². The van der Waals surface area contributed by atoms with Crippen LogP contribution in [0, 0.1) is 19.8 Å². The Bertz CT molecular complexity index is 398. The second-order valence-corrected chi connectivity index (χ2v) is 5.95. The van der Waals surface area contributed by atoms with E-state index in [0.29, 0.717) is 0 Å². The standard InChI is InChI=1S/C17H28N2.ClH/c1-4-18-12-16-7-9-19(10-8-16)13-17-6-5-14(2)15(3)11-17;/h5-6,11,16,18H,4,7-10,12-13H2,1-3H3;1H. The van der Waals surface area contributed by atoms with Gasteiger partial charge in [-0.3, -0.25) is 4.90 Å². The molecule has 2 nitrogen and oxygen atoms in total. The summed E-state index contributed by atoms with van der Waals surface area (Å²) in [5, 5.41) is 3.48. The number of halogens is 1. The molecule has 1 saturated heterocycles. The van der Waals surface area contributed by atoms with E-state index >= 15 is 0 Å². The average molecular weight is 297 g/mol. The molecule has 0 amide bonds. The largest absolute Gasteiger partial charge is 0.317 e. The van der Waals surface area contributed by atoms with Gasteiger partial charge in [0.1, 0.15) is 0 Å². The van der Waals surface area contributed by atoms with Crippen LogP contribution in [0.5, 0.6) is 0 Å². The van der Waals surface area contributed by atoms with Gasteiger partial charge in [-0.15, -0.1) is 12.4 Å². The van der Waals surface area contributed by atoms with Crippen molar-refractivity contribution in [3.05, 3.63) is 34.9 Å². The van der Waals surface area contributed by atoms with Crippen molar-refractivity contribution < 1.29 is 0 Å². The minimum atomic E-state index is 0. The molecule has 0 bridgehead atoms. The Hall–Kier alpha value is -0.570. The van der Waals surface area contributed by atoms with Gasteiger partial charge in [0.25, 0.3) is 0 Å². The fourth-order valence-electron chi connectivity index (χ4n) is 2.86. The molecule has 1 N–H and O–H groups in total. The average Bonchev–Trinajstić information content (AvgIpc) is 2.42. The lowest BCUT2D eigenvalue weighted by Gasteiger charge is -2.32. The summed E-state index contributed by atoms with van der Waals surface area (Å²) < 4.78 is 0. The molecule has 0 aliphatic carbocycles. The molecule has 1 fully saturated rings. The van der Waals surface area contributed by atoms with E-state index in [2.05, 4.69) is 49.2 Å². The number of nitrogens with zero attached hydrogens (tertiary/aromatic N) is 1. The first-order valence-corrected chi connectivity index (χ1v) is 7.68. The van der Waals surface area contributed by atoms with Crippen LogP contribution in [0.1, 0.15) is 36.5 Å². The van der Waals surface area contributed by atoms with Gasteiger partial charge in [-0.2, -0.15) is 0 Å². The smallest absolute Gasteiger partial charge is 0.0233 e. The fraction of sp³-hybridized carbons (Fsp3) is 0.647. The van der Waals surface area contributed by atoms with Crippen LogP contribution < -0.4 is 5.32 Å². The van der Waals surface area contributed by atoms with Gasteiger partial charge >= 0.3 is 0 Å². The van der Waals surface area contributed by atoms with E-state index in [1.54, 1.807) is 0 Å². The molecular weight excluding hydrogens is 268 g/mol. The predicted octanol–water partition coefficient (Wildman–Crippen LogP) is 3.55.